The Balaban J connectivity index is 2.09. The number of fused-ring (bicyclic) bond motifs is 1. The van der Waals surface area contributed by atoms with E-state index in [-0.39, 0.29) is 0 Å². The van der Waals surface area contributed by atoms with Crippen molar-refractivity contribution in [3.63, 3.8) is 0 Å². The molecule has 2 aromatic heterocycles. The summed E-state index contributed by atoms with van der Waals surface area (Å²) in [4.78, 5) is 8.75. The Morgan fingerprint density at radius 3 is 3.13 bits per heavy atom. The third-order valence-electron chi connectivity index (χ3n) is 2.65. The fraction of sp³-hybridized carbons (Fsp3) is 0.273. The van der Waals surface area contributed by atoms with E-state index in [1.165, 1.54) is 5.69 Å². The van der Waals surface area contributed by atoms with E-state index in [1.807, 2.05) is 24.4 Å². The second-order valence-corrected chi connectivity index (χ2v) is 3.62. The molecule has 0 aromatic carbocycles. The van der Waals surface area contributed by atoms with Crippen molar-refractivity contribution in [3.05, 3.63) is 36.3 Å². The summed E-state index contributed by atoms with van der Waals surface area (Å²) in [5.74, 6) is 0.979. The van der Waals surface area contributed by atoms with Gasteiger partial charge in [0.15, 0.2) is 5.82 Å². The van der Waals surface area contributed by atoms with Gasteiger partial charge < -0.3 is 9.88 Å². The molecule has 0 fully saturated rings. The molecule has 0 unspecified atom stereocenters. The van der Waals surface area contributed by atoms with E-state index in [0.717, 1.165) is 31.2 Å². The number of pyridine rings is 1. The summed E-state index contributed by atoms with van der Waals surface area (Å²) < 4.78 is 2.23. The van der Waals surface area contributed by atoms with E-state index < -0.39 is 0 Å². The highest BCUT2D eigenvalue weighted by Crippen LogP contribution is 2.18. The predicted octanol–water partition coefficient (Wildman–Crippen LogP) is 1.05. The van der Waals surface area contributed by atoms with E-state index in [1.54, 1.807) is 6.20 Å². The zero-order chi connectivity index (χ0) is 10.1. The molecule has 0 radical (unpaired) electrons. The minimum atomic E-state index is 0.903. The Bertz CT molecular complexity index is 461. The molecule has 0 bridgehead atoms. The van der Waals surface area contributed by atoms with Gasteiger partial charge in [0.2, 0.25) is 0 Å². The Morgan fingerprint density at radius 2 is 2.27 bits per heavy atom. The Hall–Kier alpha value is -1.68. The molecule has 1 aliphatic rings. The predicted molar refractivity (Wildman–Crippen MR) is 57.2 cm³/mol. The molecule has 1 N–H and O–H groups in total. The molecule has 2 aromatic rings. The summed E-state index contributed by atoms with van der Waals surface area (Å²) in [6.45, 7) is 2.88. The second kappa shape index (κ2) is 3.47. The zero-order valence-corrected chi connectivity index (χ0v) is 8.35. The van der Waals surface area contributed by atoms with Crippen LogP contribution in [-0.2, 0) is 13.1 Å². The summed E-state index contributed by atoms with van der Waals surface area (Å²) in [7, 11) is 0. The second-order valence-electron chi connectivity index (χ2n) is 3.62. The fourth-order valence-corrected chi connectivity index (χ4v) is 1.91. The Labute approximate surface area is 88.0 Å². The molecule has 3 heterocycles. The highest BCUT2D eigenvalue weighted by molar-refractivity contribution is 5.50. The van der Waals surface area contributed by atoms with Gasteiger partial charge in [-0.3, -0.25) is 4.98 Å². The lowest BCUT2D eigenvalue weighted by Crippen LogP contribution is -2.28. The van der Waals surface area contributed by atoms with Gasteiger partial charge in [-0.1, -0.05) is 6.07 Å². The van der Waals surface area contributed by atoms with Crippen LogP contribution in [0.15, 0.2) is 30.6 Å². The van der Waals surface area contributed by atoms with Crippen LogP contribution in [0.1, 0.15) is 5.69 Å². The van der Waals surface area contributed by atoms with Crippen LogP contribution >= 0.6 is 0 Å². The number of rotatable bonds is 1. The van der Waals surface area contributed by atoms with Crippen molar-refractivity contribution in [1.29, 1.82) is 0 Å². The Kier molecular flexibility index (Phi) is 1.99. The van der Waals surface area contributed by atoms with Gasteiger partial charge in [-0.05, 0) is 12.1 Å². The van der Waals surface area contributed by atoms with Crippen LogP contribution in [0.5, 0.6) is 0 Å². The van der Waals surface area contributed by atoms with Crippen LogP contribution in [-0.4, -0.2) is 21.1 Å². The molecule has 15 heavy (non-hydrogen) atoms. The topological polar surface area (TPSA) is 42.7 Å². The SMILES string of the molecule is c1ccc(-c2ncc3n2CCNC3)nc1. The fourth-order valence-electron chi connectivity index (χ4n) is 1.91. The number of hydrogen-bond acceptors (Lipinski definition) is 3. The smallest absolute Gasteiger partial charge is 0.158 e. The molecule has 0 saturated heterocycles. The van der Waals surface area contributed by atoms with E-state index in [4.69, 9.17) is 0 Å². The van der Waals surface area contributed by atoms with E-state index in [0.29, 0.717) is 0 Å². The molecule has 0 aliphatic carbocycles. The van der Waals surface area contributed by atoms with E-state index in [2.05, 4.69) is 19.9 Å². The first-order valence-corrected chi connectivity index (χ1v) is 5.12. The monoisotopic (exact) mass is 200 g/mol. The Morgan fingerprint density at radius 1 is 1.27 bits per heavy atom. The molecular formula is C11H12N4. The molecule has 1 aliphatic heterocycles. The highest BCUT2D eigenvalue weighted by atomic mass is 15.1. The average Bonchev–Trinajstić information content (AvgIpc) is 2.74. The third kappa shape index (κ3) is 1.43. The molecule has 0 amide bonds. The molecule has 4 nitrogen and oxygen atoms in total. The van der Waals surface area contributed by atoms with Crippen molar-refractivity contribution in [2.24, 2.45) is 0 Å². The van der Waals surface area contributed by atoms with Gasteiger partial charge in [-0.15, -0.1) is 0 Å². The lowest BCUT2D eigenvalue weighted by molar-refractivity contribution is 0.519. The van der Waals surface area contributed by atoms with Gasteiger partial charge in [-0.2, -0.15) is 0 Å². The quantitative estimate of drug-likeness (QED) is 0.748. The summed E-state index contributed by atoms with van der Waals surface area (Å²) >= 11 is 0. The van der Waals surface area contributed by atoms with Gasteiger partial charge in [0, 0.05) is 25.8 Å². The van der Waals surface area contributed by atoms with Crippen LogP contribution < -0.4 is 5.32 Å². The summed E-state index contributed by atoms with van der Waals surface area (Å²) in [5.41, 5.74) is 2.19. The lowest BCUT2D eigenvalue weighted by Gasteiger charge is -2.17. The van der Waals surface area contributed by atoms with E-state index in [9.17, 15) is 0 Å². The zero-order valence-electron chi connectivity index (χ0n) is 8.35. The van der Waals surface area contributed by atoms with Crippen LogP contribution in [0.2, 0.25) is 0 Å². The van der Waals surface area contributed by atoms with Crippen molar-refractivity contribution in [2.75, 3.05) is 6.54 Å². The van der Waals surface area contributed by atoms with Crippen LogP contribution in [0.3, 0.4) is 0 Å². The van der Waals surface area contributed by atoms with Crippen molar-refractivity contribution in [1.82, 2.24) is 19.9 Å². The number of aromatic nitrogens is 3. The summed E-state index contributed by atoms with van der Waals surface area (Å²) in [6.07, 6.45) is 3.73. The standard InChI is InChI=1S/C11H12N4/c1-2-4-13-10(3-1)11-14-8-9-7-12-5-6-15(9)11/h1-4,8,12H,5-7H2. The van der Waals surface area contributed by atoms with Gasteiger partial charge in [0.25, 0.3) is 0 Å². The van der Waals surface area contributed by atoms with E-state index >= 15 is 0 Å². The van der Waals surface area contributed by atoms with Gasteiger partial charge in [-0.25, -0.2) is 4.98 Å². The van der Waals surface area contributed by atoms with Crippen molar-refractivity contribution < 1.29 is 0 Å². The molecule has 0 saturated carbocycles. The van der Waals surface area contributed by atoms with Crippen LogP contribution in [0, 0.1) is 0 Å². The number of hydrogen-bond donors (Lipinski definition) is 1. The normalized spacial score (nSPS) is 14.9. The maximum atomic E-state index is 4.43. The number of nitrogens with zero attached hydrogens (tertiary/aromatic N) is 3. The lowest BCUT2D eigenvalue weighted by atomic mass is 10.3. The van der Waals surface area contributed by atoms with Crippen molar-refractivity contribution >= 4 is 0 Å². The largest absolute Gasteiger partial charge is 0.324 e. The minimum Gasteiger partial charge on any atom is -0.324 e. The van der Waals surface area contributed by atoms with Gasteiger partial charge >= 0.3 is 0 Å². The van der Waals surface area contributed by atoms with Gasteiger partial charge in [0.1, 0.15) is 5.69 Å². The van der Waals surface area contributed by atoms with Crippen molar-refractivity contribution in [3.8, 4) is 11.5 Å². The first-order chi connectivity index (χ1) is 7.45. The molecule has 76 valence electrons. The number of nitrogens with one attached hydrogen (secondary N) is 1. The van der Waals surface area contributed by atoms with Crippen LogP contribution in [0.25, 0.3) is 11.5 Å². The number of imidazole rings is 1. The maximum Gasteiger partial charge on any atom is 0.158 e. The average molecular weight is 200 g/mol. The first kappa shape index (κ1) is 8.61. The molecule has 0 spiro atoms. The highest BCUT2D eigenvalue weighted by Gasteiger charge is 2.14. The first-order valence-electron chi connectivity index (χ1n) is 5.12. The third-order valence-corrected chi connectivity index (χ3v) is 2.65. The molecule has 4 heteroatoms. The molecule has 0 atom stereocenters. The summed E-state index contributed by atoms with van der Waals surface area (Å²) in [6, 6.07) is 5.91. The minimum absolute atomic E-state index is 0.903. The van der Waals surface area contributed by atoms with Gasteiger partial charge in [0.05, 0.1) is 11.9 Å². The maximum absolute atomic E-state index is 4.43. The summed E-state index contributed by atoms with van der Waals surface area (Å²) in [5, 5.41) is 3.32. The van der Waals surface area contributed by atoms with Crippen molar-refractivity contribution in [2.45, 2.75) is 13.1 Å². The molecule has 3 rings (SSSR count). The van der Waals surface area contributed by atoms with Crippen LogP contribution in [0.4, 0.5) is 0 Å². The molecular weight excluding hydrogens is 188 g/mol.